The fraction of sp³-hybridized carbons (Fsp3) is 0.857. The van der Waals surface area contributed by atoms with E-state index in [4.69, 9.17) is 14.2 Å². The van der Waals surface area contributed by atoms with Gasteiger partial charge in [-0.25, -0.2) is 0 Å². The van der Waals surface area contributed by atoms with E-state index in [0.29, 0.717) is 19.3 Å². The third-order valence-corrected chi connectivity index (χ3v) is 13.6. The molecule has 1 unspecified atom stereocenters. The Bertz CT molecular complexity index is 1160. The standard InChI is InChI=1S/C63H116O6/c1-4-7-10-13-16-19-22-25-26-27-28-29-30-31-32-33-34-35-36-39-41-44-47-50-53-56-62(65)68-59-60(69-63(66)57-54-51-48-45-42-38-24-21-18-15-12-9-6-3)58-67-61(64)55-52-49-46-43-40-37-23-20-17-14-11-8-5-2/h22,25,27-28,30-31,60H,4-21,23-24,26,29,32-59H2,1-3H3/b25-22-,28-27-,31-30-. The van der Waals surface area contributed by atoms with Gasteiger partial charge in [-0.05, 0) is 57.8 Å². The first-order chi connectivity index (χ1) is 34.0. The minimum Gasteiger partial charge on any atom is -0.462 e. The predicted molar refractivity (Wildman–Crippen MR) is 298 cm³/mol. The molecule has 1 atom stereocenters. The van der Waals surface area contributed by atoms with Crippen LogP contribution < -0.4 is 0 Å². The molecule has 6 heteroatoms. The highest BCUT2D eigenvalue weighted by Crippen LogP contribution is 2.17. The van der Waals surface area contributed by atoms with Gasteiger partial charge >= 0.3 is 17.9 Å². The topological polar surface area (TPSA) is 78.9 Å². The maximum atomic E-state index is 12.8. The van der Waals surface area contributed by atoms with E-state index in [-0.39, 0.29) is 31.1 Å². The molecule has 0 saturated carbocycles. The average molecular weight is 970 g/mol. The van der Waals surface area contributed by atoms with E-state index in [1.54, 1.807) is 0 Å². The molecule has 404 valence electrons. The van der Waals surface area contributed by atoms with Crippen molar-refractivity contribution in [3.05, 3.63) is 36.5 Å². The molecule has 6 nitrogen and oxygen atoms in total. The van der Waals surface area contributed by atoms with E-state index in [0.717, 1.165) is 70.6 Å². The third-order valence-electron chi connectivity index (χ3n) is 13.6. The molecule has 0 rings (SSSR count). The van der Waals surface area contributed by atoms with Crippen LogP contribution in [0.3, 0.4) is 0 Å². The molecule has 0 amide bonds. The Morgan fingerprint density at radius 2 is 0.522 bits per heavy atom. The summed E-state index contributed by atoms with van der Waals surface area (Å²) >= 11 is 0. The van der Waals surface area contributed by atoms with Gasteiger partial charge in [0.2, 0.25) is 0 Å². The molecule has 0 saturated heterocycles. The van der Waals surface area contributed by atoms with Gasteiger partial charge in [0.1, 0.15) is 13.2 Å². The zero-order valence-electron chi connectivity index (χ0n) is 46.3. The summed E-state index contributed by atoms with van der Waals surface area (Å²) in [5.41, 5.74) is 0. The highest BCUT2D eigenvalue weighted by atomic mass is 16.6. The zero-order valence-corrected chi connectivity index (χ0v) is 46.3. The van der Waals surface area contributed by atoms with E-state index in [1.807, 2.05) is 0 Å². The highest BCUT2D eigenvalue weighted by molar-refractivity contribution is 5.71. The molecule has 0 aliphatic heterocycles. The van der Waals surface area contributed by atoms with Crippen LogP contribution in [0.5, 0.6) is 0 Å². The van der Waals surface area contributed by atoms with Gasteiger partial charge in [0, 0.05) is 19.3 Å². The van der Waals surface area contributed by atoms with Crippen LogP contribution in [0.25, 0.3) is 0 Å². The summed E-state index contributed by atoms with van der Waals surface area (Å²) in [6.45, 7) is 6.67. The Morgan fingerprint density at radius 3 is 0.812 bits per heavy atom. The fourth-order valence-corrected chi connectivity index (χ4v) is 9.04. The van der Waals surface area contributed by atoms with E-state index in [2.05, 4.69) is 57.2 Å². The van der Waals surface area contributed by atoms with Crippen LogP contribution in [-0.4, -0.2) is 37.2 Å². The number of esters is 3. The van der Waals surface area contributed by atoms with Crippen molar-refractivity contribution >= 4 is 17.9 Å². The average Bonchev–Trinajstić information content (AvgIpc) is 3.35. The van der Waals surface area contributed by atoms with Gasteiger partial charge in [-0.15, -0.1) is 0 Å². The highest BCUT2D eigenvalue weighted by Gasteiger charge is 2.19. The Morgan fingerprint density at radius 1 is 0.290 bits per heavy atom. The zero-order chi connectivity index (χ0) is 50.0. The van der Waals surface area contributed by atoms with Crippen LogP contribution in [0.1, 0.15) is 329 Å². The van der Waals surface area contributed by atoms with E-state index in [9.17, 15) is 14.4 Å². The number of unbranched alkanes of at least 4 members (excludes halogenated alkanes) is 39. The van der Waals surface area contributed by atoms with Crippen molar-refractivity contribution in [3.63, 3.8) is 0 Å². The summed E-state index contributed by atoms with van der Waals surface area (Å²) < 4.78 is 16.9. The molecule has 0 radical (unpaired) electrons. The molecule has 0 aliphatic rings. The van der Waals surface area contributed by atoms with Gasteiger partial charge in [0.05, 0.1) is 0 Å². The second-order valence-electron chi connectivity index (χ2n) is 20.6. The molecule has 0 aromatic heterocycles. The predicted octanol–water partition coefficient (Wildman–Crippen LogP) is 20.4. The van der Waals surface area contributed by atoms with Crippen LogP contribution in [0.15, 0.2) is 36.5 Å². The summed E-state index contributed by atoms with van der Waals surface area (Å²) in [6.07, 6.45) is 70.0. The lowest BCUT2D eigenvalue weighted by molar-refractivity contribution is -0.167. The normalized spacial score (nSPS) is 12.2. The molecular formula is C63H116O6. The van der Waals surface area contributed by atoms with Crippen LogP contribution in [0, 0.1) is 0 Å². The smallest absolute Gasteiger partial charge is 0.306 e. The number of carbonyl (C=O) groups excluding carboxylic acids is 3. The SMILES string of the molecule is CCCCCCC/C=C\C/C=C\C/C=C\CCCCCCCCCCCCC(=O)OCC(COC(=O)CCCCCCCCCCCCCCC)OC(=O)CCCCCCCCCCCCCCC. The lowest BCUT2D eigenvalue weighted by Crippen LogP contribution is -2.30. The number of hydrogen-bond acceptors (Lipinski definition) is 6. The monoisotopic (exact) mass is 969 g/mol. The Labute approximate surface area is 429 Å². The summed E-state index contributed by atoms with van der Waals surface area (Å²) in [5, 5.41) is 0. The second-order valence-corrected chi connectivity index (χ2v) is 20.6. The second kappa shape index (κ2) is 58.2. The van der Waals surface area contributed by atoms with Gasteiger partial charge in [-0.1, -0.05) is 288 Å². The number of allylic oxidation sites excluding steroid dienone is 6. The summed E-state index contributed by atoms with van der Waals surface area (Å²) in [4.78, 5) is 38.2. The van der Waals surface area contributed by atoms with Crippen molar-refractivity contribution < 1.29 is 28.6 Å². The van der Waals surface area contributed by atoms with Crippen molar-refractivity contribution in [1.82, 2.24) is 0 Å². The van der Waals surface area contributed by atoms with E-state index >= 15 is 0 Å². The van der Waals surface area contributed by atoms with Gasteiger partial charge in [0.15, 0.2) is 6.10 Å². The van der Waals surface area contributed by atoms with Crippen molar-refractivity contribution in [1.29, 1.82) is 0 Å². The molecule has 69 heavy (non-hydrogen) atoms. The first-order valence-corrected chi connectivity index (χ1v) is 30.5. The molecular weight excluding hydrogens is 853 g/mol. The van der Waals surface area contributed by atoms with Crippen molar-refractivity contribution in [2.24, 2.45) is 0 Å². The van der Waals surface area contributed by atoms with Crippen molar-refractivity contribution in [3.8, 4) is 0 Å². The number of ether oxygens (including phenoxy) is 3. The molecule has 0 spiro atoms. The molecule has 0 aliphatic carbocycles. The largest absolute Gasteiger partial charge is 0.462 e. The molecule has 0 aromatic rings. The van der Waals surface area contributed by atoms with Gasteiger partial charge in [-0.3, -0.25) is 14.4 Å². The Kier molecular flexibility index (Phi) is 56.2. The van der Waals surface area contributed by atoms with Crippen LogP contribution in [-0.2, 0) is 28.6 Å². The lowest BCUT2D eigenvalue weighted by atomic mass is 10.0. The Balaban J connectivity index is 4.23. The molecule has 0 heterocycles. The van der Waals surface area contributed by atoms with Crippen LogP contribution in [0.4, 0.5) is 0 Å². The summed E-state index contributed by atoms with van der Waals surface area (Å²) in [6, 6.07) is 0. The Hall–Kier alpha value is -2.37. The van der Waals surface area contributed by atoms with Crippen molar-refractivity contribution in [2.75, 3.05) is 13.2 Å². The molecule has 0 N–H and O–H groups in total. The van der Waals surface area contributed by atoms with E-state index in [1.165, 1.54) is 218 Å². The van der Waals surface area contributed by atoms with Gasteiger partial charge < -0.3 is 14.2 Å². The fourth-order valence-electron chi connectivity index (χ4n) is 9.04. The van der Waals surface area contributed by atoms with Gasteiger partial charge in [-0.2, -0.15) is 0 Å². The molecule has 0 bridgehead atoms. The lowest BCUT2D eigenvalue weighted by Gasteiger charge is -2.18. The molecule has 0 fully saturated rings. The maximum Gasteiger partial charge on any atom is 0.306 e. The van der Waals surface area contributed by atoms with Gasteiger partial charge in [0.25, 0.3) is 0 Å². The first-order valence-electron chi connectivity index (χ1n) is 30.5. The molecule has 0 aromatic carbocycles. The minimum atomic E-state index is -0.769. The van der Waals surface area contributed by atoms with Crippen LogP contribution in [0.2, 0.25) is 0 Å². The quantitative estimate of drug-likeness (QED) is 0.0261. The van der Waals surface area contributed by atoms with Crippen molar-refractivity contribution in [2.45, 2.75) is 335 Å². The van der Waals surface area contributed by atoms with E-state index < -0.39 is 6.10 Å². The van der Waals surface area contributed by atoms with Crippen LogP contribution >= 0.6 is 0 Å². The number of hydrogen-bond donors (Lipinski definition) is 0. The summed E-state index contributed by atoms with van der Waals surface area (Å²) in [5.74, 6) is -0.852. The summed E-state index contributed by atoms with van der Waals surface area (Å²) in [7, 11) is 0. The minimum absolute atomic E-state index is 0.0679. The third kappa shape index (κ3) is 56.4. The number of rotatable bonds is 56. The first kappa shape index (κ1) is 66.6. The number of carbonyl (C=O) groups is 3. The maximum absolute atomic E-state index is 12.8.